The van der Waals surface area contributed by atoms with Crippen molar-refractivity contribution in [1.29, 1.82) is 0 Å². The third-order valence-electron chi connectivity index (χ3n) is 3.51. The minimum absolute atomic E-state index is 0.0464. The monoisotopic (exact) mass is 248 g/mol. The van der Waals surface area contributed by atoms with Crippen molar-refractivity contribution in [1.82, 2.24) is 4.98 Å². The Bertz CT molecular complexity index is 546. The highest BCUT2D eigenvalue weighted by atomic mass is 16.5. The quantitative estimate of drug-likeness (QED) is 0.776. The number of aromatic amines is 1. The van der Waals surface area contributed by atoms with Gasteiger partial charge in [-0.15, -0.1) is 0 Å². The number of hydrogen-bond acceptors (Lipinski definition) is 3. The molecule has 0 spiro atoms. The first-order valence-electron chi connectivity index (χ1n) is 6.01. The highest BCUT2D eigenvalue weighted by Crippen LogP contribution is 2.35. The van der Waals surface area contributed by atoms with Gasteiger partial charge >= 0.3 is 0 Å². The van der Waals surface area contributed by atoms with Crippen LogP contribution in [0.5, 0.6) is 5.75 Å². The van der Waals surface area contributed by atoms with Crippen LogP contribution in [0.3, 0.4) is 0 Å². The molecule has 0 bridgehead atoms. The maximum atomic E-state index is 9.42. The summed E-state index contributed by atoms with van der Waals surface area (Å²) in [5, 5.41) is 10.5. The Morgan fingerprint density at radius 2 is 2.17 bits per heavy atom. The van der Waals surface area contributed by atoms with E-state index in [1.807, 2.05) is 38.2 Å². The van der Waals surface area contributed by atoms with E-state index in [9.17, 15) is 5.11 Å². The van der Waals surface area contributed by atoms with Gasteiger partial charge in [0, 0.05) is 35.2 Å². The number of fused-ring (bicyclic) bond motifs is 1. The van der Waals surface area contributed by atoms with Gasteiger partial charge in [0.05, 0.1) is 7.11 Å². The first-order valence-corrected chi connectivity index (χ1v) is 6.01. The molecule has 1 aromatic carbocycles. The Labute approximate surface area is 107 Å². The van der Waals surface area contributed by atoms with Gasteiger partial charge in [-0.2, -0.15) is 0 Å². The van der Waals surface area contributed by atoms with E-state index >= 15 is 0 Å². The number of ether oxygens (including phenoxy) is 1. The molecule has 18 heavy (non-hydrogen) atoms. The number of benzene rings is 1. The smallest absolute Gasteiger partial charge is 0.119 e. The van der Waals surface area contributed by atoms with Crippen LogP contribution in [-0.4, -0.2) is 23.8 Å². The van der Waals surface area contributed by atoms with Gasteiger partial charge in [0.15, 0.2) is 0 Å². The zero-order valence-electron chi connectivity index (χ0n) is 11.0. The third-order valence-corrected chi connectivity index (χ3v) is 3.51. The first kappa shape index (κ1) is 12.9. The lowest BCUT2D eigenvalue weighted by molar-refractivity contribution is 0.133. The minimum atomic E-state index is -0.363. The van der Waals surface area contributed by atoms with Crippen LogP contribution in [0, 0.1) is 5.41 Å². The normalized spacial score (nSPS) is 13.8. The van der Waals surface area contributed by atoms with Crippen molar-refractivity contribution < 1.29 is 9.84 Å². The molecule has 0 aliphatic rings. The van der Waals surface area contributed by atoms with Crippen molar-refractivity contribution >= 4 is 10.9 Å². The molecule has 2 aromatic rings. The summed E-state index contributed by atoms with van der Waals surface area (Å²) in [5.74, 6) is 0.803. The lowest BCUT2D eigenvalue weighted by Gasteiger charge is -2.29. The van der Waals surface area contributed by atoms with E-state index in [1.54, 1.807) is 7.11 Å². The van der Waals surface area contributed by atoms with E-state index < -0.39 is 0 Å². The van der Waals surface area contributed by atoms with Crippen LogP contribution >= 0.6 is 0 Å². The topological polar surface area (TPSA) is 71.3 Å². The second-order valence-electron chi connectivity index (χ2n) is 5.28. The van der Waals surface area contributed by atoms with Gasteiger partial charge in [-0.25, -0.2) is 0 Å². The predicted octanol–water partition coefficient (Wildman–Crippen LogP) is 2.19. The Morgan fingerprint density at radius 1 is 1.44 bits per heavy atom. The third kappa shape index (κ3) is 2.09. The molecule has 0 fully saturated rings. The van der Waals surface area contributed by atoms with Crippen LogP contribution in [0.15, 0.2) is 24.4 Å². The molecule has 0 saturated carbocycles. The molecule has 1 heterocycles. The molecule has 0 radical (unpaired) electrons. The molecule has 2 rings (SSSR count). The summed E-state index contributed by atoms with van der Waals surface area (Å²) in [4.78, 5) is 3.20. The number of aromatic nitrogens is 1. The number of methoxy groups -OCH3 is 1. The summed E-state index contributed by atoms with van der Waals surface area (Å²) in [5.41, 5.74) is 7.93. The minimum Gasteiger partial charge on any atom is -0.497 e. The molecule has 1 atom stereocenters. The molecule has 4 nitrogen and oxygen atoms in total. The second-order valence-corrected chi connectivity index (χ2v) is 5.28. The summed E-state index contributed by atoms with van der Waals surface area (Å²) < 4.78 is 5.23. The van der Waals surface area contributed by atoms with E-state index in [0.717, 1.165) is 22.2 Å². The fraction of sp³-hybridized carbons (Fsp3) is 0.429. The number of hydrogen-bond donors (Lipinski definition) is 3. The largest absolute Gasteiger partial charge is 0.497 e. The Hall–Kier alpha value is -1.52. The van der Waals surface area contributed by atoms with E-state index in [-0.39, 0.29) is 18.1 Å². The molecule has 4 heteroatoms. The summed E-state index contributed by atoms with van der Waals surface area (Å²) in [7, 11) is 1.64. The number of nitrogens with one attached hydrogen (secondary N) is 1. The Balaban J connectivity index is 2.51. The van der Waals surface area contributed by atoms with Crippen molar-refractivity contribution in [3.05, 3.63) is 30.0 Å². The van der Waals surface area contributed by atoms with Crippen LogP contribution in [0.25, 0.3) is 10.9 Å². The maximum Gasteiger partial charge on any atom is 0.119 e. The lowest BCUT2D eigenvalue weighted by atomic mass is 9.82. The molecular weight excluding hydrogens is 228 g/mol. The van der Waals surface area contributed by atoms with Gasteiger partial charge in [-0.3, -0.25) is 0 Å². The summed E-state index contributed by atoms with van der Waals surface area (Å²) in [6.07, 6.45) is 1.91. The summed E-state index contributed by atoms with van der Waals surface area (Å²) in [6.45, 7) is 3.96. The van der Waals surface area contributed by atoms with Gasteiger partial charge in [0.25, 0.3) is 0 Å². The molecule has 1 aromatic heterocycles. The maximum absolute atomic E-state index is 9.42. The predicted molar refractivity (Wildman–Crippen MR) is 72.6 cm³/mol. The van der Waals surface area contributed by atoms with Crippen molar-refractivity contribution in [3.8, 4) is 5.75 Å². The number of H-pyrrole nitrogens is 1. The summed E-state index contributed by atoms with van der Waals surface area (Å²) in [6, 6.07) is 5.61. The van der Waals surface area contributed by atoms with Gasteiger partial charge < -0.3 is 20.6 Å². The number of aliphatic hydroxyl groups excluding tert-OH is 1. The SMILES string of the molecule is COc1ccc2[nH]cc([C@@H](N)C(C)(C)CO)c2c1. The molecule has 0 amide bonds. The average molecular weight is 248 g/mol. The molecule has 0 aliphatic carbocycles. The summed E-state index contributed by atoms with van der Waals surface area (Å²) >= 11 is 0. The average Bonchev–Trinajstić information content (AvgIpc) is 2.80. The Kier molecular flexibility index (Phi) is 3.32. The number of nitrogens with two attached hydrogens (primary N) is 1. The van der Waals surface area contributed by atoms with Crippen LogP contribution < -0.4 is 10.5 Å². The van der Waals surface area contributed by atoms with Gasteiger partial charge in [-0.05, 0) is 23.8 Å². The molecular formula is C14H20N2O2. The van der Waals surface area contributed by atoms with Crippen LogP contribution in [-0.2, 0) is 0 Å². The highest BCUT2D eigenvalue weighted by Gasteiger charge is 2.28. The molecule has 0 saturated heterocycles. The van der Waals surface area contributed by atoms with Crippen molar-refractivity contribution in [2.24, 2.45) is 11.1 Å². The van der Waals surface area contributed by atoms with E-state index in [2.05, 4.69) is 4.98 Å². The second kappa shape index (κ2) is 4.63. The van der Waals surface area contributed by atoms with Gasteiger partial charge in [0.1, 0.15) is 5.75 Å². The molecule has 4 N–H and O–H groups in total. The van der Waals surface area contributed by atoms with Crippen molar-refractivity contribution in [3.63, 3.8) is 0 Å². The standard InChI is InChI=1S/C14H20N2O2/c1-14(2,8-17)13(15)11-7-16-12-5-4-9(18-3)6-10(11)12/h4-7,13,16-17H,8,15H2,1-3H3/t13-/m1/s1. The Morgan fingerprint density at radius 3 is 2.78 bits per heavy atom. The van der Waals surface area contributed by atoms with E-state index in [1.165, 1.54) is 0 Å². The zero-order valence-corrected chi connectivity index (χ0v) is 11.0. The first-order chi connectivity index (χ1) is 8.49. The number of aliphatic hydroxyl groups is 1. The van der Waals surface area contributed by atoms with E-state index in [4.69, 9.17) is 10.5 Å². The highest BCUT2D eigenvalue weighted by molar-refractivity contribution is 5.85. The van der Waals surface area contributed by atoms with Crippen LogP contribution in [0.4, 0.5) is 0 Å². The molecule has 0 unspecified atom stereocenters. The van der Waals surface area contributed by atoms with Crippen LogP contribution in [0.2, 0.25) is 0 Å². The zero-order chi connectivity index (χ0) is 13.3. The fourth-order valence-corrected chi connectivity index (χ4v) is 2.02. The van der Waals surface area contributed by atoms with Crippen LogP contribution in [0.1, 0.15) is 25.5 Å². The van der Waals surface area contributed by atoms with Gasteiger partial charge in [0.2, 0.25) is 0 Å². The van der Waals surface area contributed by atoms with Crippen molar-refractivity contribution in [2.45, 2.75) is 19.9 Å². The van der Waals surface area contributed by atoms with Crippen molar-refractivity contribution in [2.75, 3.05) is 13.7 Å². The fourth-order valence-electron chi connectivity index (χ4n) is 2.02. The van der Waals surface area contributed by atoms with E-state index in [0.29, 0.717) is 0 Å². The molecule has 0 aliphatic heterocycles. The van der Waals surface area contributed by atoms with Gasteiger partial charge in [-0.1, -0.05) is 13.8 Å². The number of rotatable bonds is 4. The lowest BCUT2D eigenvalue weighted by Crippen LogP contribution is -2.32. The molecule has 98 valence electrons.